The second kappa shape index (κ2) is 7.53. The van der Waals surface area contributed by atoms with Crippen molar-refractivity contribution in [1.82, 2.24) is 5.32 Å². The Balaban J connectivity index is 1.75. The minimum Gasteiger partial charge on any atom is -0.494 e. The quantitative estimate of drug-likeness (QED) is 0.819. The molecule has 1 fully saturated rings. The Labute approximate surface area is 123 Å². The Bertz CT molecular complexity index is 461. The zero-order chi connectivity index (χ0) is 14.4. The third-order valence-corrected chi connectivity index (χ3v) is 4.84. The first-order valence-electron chi connectivity index (χ1n) is 6.94. The molecule has 0 heterocycles. The molecule has 5 heteroatoms. The van der Waals surface area contributed by atoms with Gasteiger partial charge in [0.15, 0.2) is 11.6 Å². The number of amides is 1. The van der Waals surface area contributed by atoms with Crippen molar-refractivity contribution in [1.29, 1.82) is 0 Å². The molecule has 1 amide bonds. The molecular weight excluding hydrogens is 277 g/mol. The van der Waals surface area contributed by atoms with Crippen LogP contribution in [0, 0.1) is 5.82 Å². The molecule has 20 heavy (non-hydrogen) atoms. The Morgan fingerprint density at radius 1 is 1.45 bits per heavy atom. The van der Waals surface area contributed by atoms with E-state index in [9.17, 15) is 9.18 Å². The fraction of sp³-hybridized carbons (Fsp3) is 0.533. The first-order chi connectivity index (χ1) is 9.70. The number of hydrogen-bond donors (Lipinski definition) is 1. The highest BCUT2D eigenvalue weighted by molar-refractivity contribution is 7.99. The number of hydrogen-bond acceptors (Lipinski definition) is 3. The molecule has 0 saturated heterocycles. The third-order valence-electron chi connectivity index (χ3n) is 3.46. The molecule has 1 aromatic rings. The van der Waals surface area contributed by atoms with Crippen LogP contribution in [-0.2, 0) is 0 Å². The minimum atomic E-state index is -0.513. The van der Waals surface area contributed by atoms with Crippen LogP contribution in [0.4, 0.5) is 4.39 Å². The third kappa shape index (κ3) is 4.13. The summed E-state index contributed by atoms with van der Waals surface area (Å²) in [5.74, 6) is 0.312. The van der Waals surface area contributed by atoms with Crippen molar-refractivity contribution in [3.8, 4) is 5.75 Å². The molecule has 1 aliphatic carbocycles. The molecule has 0 atom stereocenters. The van der Waals surface area contributed by atoms with Crippen LogP contribution in [0.2, 0.25) is 0 Å². The van der Waals surface area contributed by atoms with Gasteiger partial charge in [0.25, 0.3) is 5.91 Å². The highest BCUT2D eigenvalue weighted by Gasteiger charge is 2.15. The first-order valence-corrected chi connectivity index (χ1v) is 7.99. The van der Waals surface area contributed by atoms with Gasteiger partial charge in [-0.1, -0.05) is 12.8 Å². The minimum absolute atomic E-state index is 0.151. The van der Waals surface area contributed by atoms with Crippen molar-refractivity contribution in [2.45, 2.75) is 30.9 Å². The van der Waals surface area contributed by atoms with Crippen LogP contribution in [0.1, 0.15) is 36.0 Å². The number of carbonyl (C=O) groups excluding carboxylic acids is 1. The fourth-order valence-electron chi connectivity index (χ4n) is 2.35. The second-order valence-electron chi connectivity index (χ2n) is 4.88. The summed E-state index contributed by atoms with van der Waals surface area (Å²) >= 11 is 1.92. The second-order valence-corrected chi connectivity index (χ2v) is 6.29. The molecule has 0 unspecified atom stereocenters. The molecule has 0 aromatic heterocycles. The average Bonchev–Trinajstić information content (AvgIpc) is 2.96. The smallest absolute Gasteiger partial charge is 0.251 e. The van der Waals surface area contributed by atoms with E-state index in [2.05, 4.69) is 5.32 Å². The molecule has 0 radical (unpaired) electrons. The summed E-state index contributed by atoms with van der Waals surface area (Å²) in [6.07, 6.45) is 5.24. The van der Waals surface area contributed by atoms with Crippen molar-refractivity contribution >= 4 is 17.7 Å². The number of benzene rings is 1. The molecule has 110 valence electrons. The van der Waals surface area contributed by atoms with Crippen LogP contribution in [0.25, 0.3) is 0 Å². The van der Waals surface area contributed by atoms with Gasteiger partial charge in [-0.2, -0.15) is 11.8 Å². The molecule has 2 rings (SSSR count). The summed E-state index contributed by atoms with van der Waals surface area (Å²) in [5.41, 5.74) is 0.328. The van der Waals surface area contributed by atoms with E-state index in [0.717, 1.165) is 11.0 Å². The molecule has 1 N–H and O–H groups in total. The van der Waals surface area contributed by atoms with E-state index in [4.69, 9.17) is 4.74 Å². The standard InChI is InChI=1S/C15H20FNO2S/c1-19-14-7-6-11(10-13(14)16)15(18)17-8-9-20-12-4-2-3-5-12/h6-7,10,12H,2-5,8-9H2,1H3,(H,17,18). The molecule has 0 bridgehead atoms. The van der Waals surface area contributed by atoms with Crippen molar-refractivity contribution < 1.29 is 13.9 Å². The van der Waals surface area contributed by atoms with Crippen molar-refractivity contribution in [3.63, 3.8) is 0 Å². The molecule has 1 saturated carbocycles. The lowest BCUT2D eigenvalue weighted by Crippen LogP contribution is -2.26. The van der Waals surface area contributed by atoms with E-state index < -0.39 is 5.82 Å². The van der Waals surface area contributed by atoms with Gasteiger partial charge in [0, 0.05) is 23.1 Å². The molecule has 0 spiro atoms. The Kier molecular flexibility index (Phi) is 5.71. The van der Waals surface area contributed by atoms with E-state index in [1.807, 2.05) is 11.8 Å². The number of thioether (sulfide) groups is 1. The van der Waals surface area contributed by atoms with Crippen molar-refractivity contribution in [2.24, 2.45) is 0 Å². The van der Waals surface area contributed by atoms with Crippen molar-refractivity contribution in [3.05, 3.63) is 29.6 Å². The van der Waals surface area contributed by atoms with Gasteiger partial charge in [-0.3, -0.25) is 4.79 Å². The van der Waals surface area contributed by atoms with Crippen LogP contribution in [0.5, 0.6) is 5.75 Å². The van der Waals surface area contributed by atoms with Crippen LogP contribution < -0.4 is 10.1 Å². The lowest BCUT2D eigenvalue weighted by Gasteiger charge is -2.10. The number of rotatable bonds is 6. The number of halogens is 1. The summed E-state index contributed by atoms with van der Waals surface area (Å²) in [4.78, 5) is 11.9. The van der Waals surface area contributed by atoms with E-state index >= 15 is 0 Å². The van der Waals surface area contributed by atoms with Gasteiger partial charge >= 0.3 is 0 Å². The van der Waals surface area contributed by atoms with Gasteiger partial charge in [0.05, 0.1) is 7.11 Å². The van der Waals surface area contributed by atoms with Gasteiger partial charge in [-0.05, 0) is 31.0 Å². The molecular formula is C15H20FNO2S. The van der Waals surface area contributed by atoms with E-state index in [0.29, 0.717) is 12.1 Å². The number of ether oxygens (including phenoxy) is 1. The maximum Gasteiger partial charge on any atom is 0.251 e. The number of carbonyl (C=O) groups is 1. The van der Waals surface area contributed by atoms with Gasteiger partial charge < -0.3 is 10.1 Å². The highest BCUT2D eigenvalue weighted by atomic mass is 32.2. The number of nitrogens with one attached hydrogen (secondary N) is 1. The monoisotopic (exact) mass is 297 g/mol. The summed E-state index contributed by atoms with van der Waals surface area (Å²) in [7, 11) is 1.40. The zero-order valence-electron chi connectivity index (χ0n) is 11.7. The van der Waals surface area contributed by atoms with Crippen molar-refractivity contribution in [2.75, 3.05) is 19.4 Å². The van der Waals surface area contributed by atoms with E-state index in [-0.39, 0.29) is 11.7 Å². The van der Waals surface area contributed by atoms with Crippen LogP contribution in [0.3, 0.4) is 0 Å². The summed E-state index contributed by atoms with van der Waals surface area (Å²) < 4.78 is 18.3. The topological polar surface area (TPSA) is 38.3 Å². The largest absolute Gasteiger partial charge is 0.494 e. The molecule has 0 aliphatic heterocycles. The maximum absolute atomic E-state index is 13.5. The highest BCUT2D eigenvalue weighted by Crippen LogP contribution is 2.28. The molecule has 3 nitrogen and oxygen atoms in total. The summed E-state index contributed by atoms with van der Waals surface area (Å²) in [6.45, 7) is 0.619. The summed E-state index contributed by atoms with van der Waals surface area (Å²) in [5, 5.41) is 3.58. The zero-order valence-corrected chi connectivity index (χ0v) is 12.5. The normalized spacial score (nSPS) is 15.3. The van der Waals surface area contributed by atoms with Gasteiger partial charge in [-0.15, -0.1) is 0 Å². The van der Waals surface area contributed by atoms with Crippen LogP contribution in [0.15, 0.2) is 18.2 Å². The van der Waals surface area contributed by atoms with Gasteiger partial charge in [-0.25, -0.2) is 4.39 Å². The molecule has 1 aromatic carbocycles. The molecule has 1 aliphatic rings. The Hall–Kier alpha value is -1.23. The summed E-state index contributed by atoms with van der Waals surface area (Å²) in [6, 6.07) is 4.25. The first kappa shape index (κ1) is 15.2. The number of methoxy groups -OCH3 is 1. The Morgan fingerprint density at radius 2 is 2.20 bits per heavy atom. The van der Waals surface area contributed by atoms with Gasteiger partial charge in [0.1, 0.15) is 0 Å². The predicted octanol–water partition coefficient (Wildman–Crippen LogP) is 3.24. The fourth-order valence-corrected chi connectivity index (χ4v) is 3.57. The van der Waals surface area contributed by atoms with Crippen LogP contribution in [-0.4, -0.2) is 30.6 Å². The van der Waals surface area contributed by atoms with Crippen LogP contribution >= 0.6 is 11.8 Å². The average molecular weight is 297 g/mol. The maximum atomic E-state index is 13.5. The van der Waals surface area contributed by atoms with E-state index in [1.165, 1.54) is 44.9 Å². The SMILES string of the molecule is COc1ccc(C(=O)NCCSC2CCCC2)cc1F. The van der Waals surface area contributed by atoms with Gasteiger partial charge in [0.2, 0.25) is 0 Å². The lowest BCUT2D eigenvalue weighted by atomic mass is 10.2. The Morgan fingerprint density at radius 3 is 2.85 bits per heavy atom. The predicted molar refractivity (Wildman–Crippen MR) is 80.0 cm³/mol. The van der Waals surface area contributed by atoms with E-state index in [1.54, 1.807) is 6.07 Å². The lowest BCUT2D eigenvalue weighted by molar-refractivity contribution is 0.0955.